The summed E-state index contributed by atoms with van der Waals surface area (Å²) in [6.07, 6.45) is 0. The number of phenolic OH excluding ortho intramolecular Hbond substituents is 1. The first-order chi connectivity index (χ1) is 14.1. The van der Waals surface area contributed by atoms with Crippen molar-refractivity contribution in [3.63, 3.8) is 0 Å². The summed E-state index contributed by atoms with van der Waals surface area (Å²) in [6, 6.07) is 21.6. The fourth-order valence-electron chi connectivity index (χ4n) is 3.53. The third kappa shape index (κ3) is 2.77. The van der Waals surface area contributed by atoms with Gasteiger partial charge in [-0.2, -0.15) is 0 Å². The number of phenols is 1. The molecule has 5 aromatic rings. The molecule has 0 unspecified atom stereocenters. The predicted octanol–water partition coefficient (Wildman–Crippen LogP) is 4.12. The van der Waals surface area contributed by atoms with Crippen LogP contribution in [0.25, 0.3) is 28.1 Å². The van der Waals surface area contributed by atoms with Crippen LogP contribution in [0.1, 0.15) is 5.56 Å². The molecule has 2 heterocycles. The summed E-state index contributed by atoms with van der Waals surface area (Å²) in [4.78, 5) is 13.3. The van der Waals surface area contributed by atoms with Gasteiger partial charge in [0.2, 0.25) is 5.78 Å². The first-order valence-corrected chi connectivity index (χ1v) is 9.41. The molecule has 0 aliphatic heterocycles. The van der Waals surface area contributed by atoms with Crippen LogP contribution >= 0.6 is 11.6 Å². The van der Waals surface area contributed by atoms with Crippen LogP contribution in [0.2, 0.25) is 5.02 Å². The van der Waals surface area contributed by atoms with Gasteiger partial charge in [0, 0.05) is 5.02 Å². The number of fused-ring (bicyclic) bond motifs is 3. The Labute approximate surface area is 170 Å². The van der Waals surface area contributed by atoms with Crippen molar-refractivity contribution in [3.8, 4) is 17.1 Å². The van der Waals surface area contributed by atoms with Gasteiger partial charge in [0.25, 0.3) is 5.56 Å². The Bertz CT molecular complexity index is 1440. The van der Waals surface area contributed by atoms with Crippen molar-refractivity contribution in [2.45, 2.75) is 6.54 Å². The zero-order valence-electron chi connectivity index (χ0n) is 15.2. The van der Waals surface area contributed by atoms with Crippen LogP contribution in [0.3, 0.4) is 0 Å². The Morgan fingerprint density at radius 3 is 2.45 bits per heavy atom. The lowest BCUT2D eigenvalue weighted by atomic mass is 10.1. The molecule has 5 rings (SSSR count). The summed E-state index contributed by atoms with van der Waals surface area (Å²) < 4.78 is 3.35. The van der Waals surface area contributed by atoms with Gasteiger partial charge in [-0.15, -0.1) is 10.2 Å². The molecule has 0 aliphatic rings. The van der Waals surface area contributed by atoms with Gasteiger partial charge in [-0.3, -0.25) is 13.8 Å². The van der Waals surface area contributed by atoms with Crippen molar-refractivity contribution in [1.29, 1.82) is 0 Å². The lowest BCUT2D eigenvalue weighted by molar-refractivity contribution is 0.477. The van der Waals surface area contributed by atoms with E-state index in [1.54, 1.807) is 39.3 Å². The van der Waals surface area contributed by atoms with Gasteiger partial charge in [-0.1, -0.05) is 54.1 Å². The molecule has 0 fully saturated rings. The van der Waals surface area contributed by atoms with E-state index in [9.17, 15) is 9.90 Å². The smallest absolute Gasteiger partial charge is 0.263 e. The van der Waals surface area contributed by atoms with Gasteiger partial charge in [0.05, 0.1) is 23.0 Å². The minimum absolute atomic E-state index is 0.0923. The monoisotopic (exact) mass is 402 g/mol. The quantitative estimate of drug-likeness (QED) is 0.492. The summed E-state index contributed by atoms with van der Waals surface area (Å²) in [7, 11) is 0. The van der Waals surface area contributed by atoms with Crippen molar-refractivity contribution in [3.05, 3.63) is 93.7 Å². The average Bonchev–Trinajstić information content (AvgIpc) is 3.17. The molecule has 2 aromatic heterocycles. The van der Waals surface area contributed by atoms with Gasteiger partial charge < -0.3 is 5.11 Å². The standard InChI is InChI=1S/C22H15ClN4O2/c23-17-10-4-1-7-14(17)13-26-21(29)15-8-2-5-11-18(15)27-20(24-25-22(26)27)16-9-3-6-12-19(16)28/h1-12,28H,13H2. The SMILES string of the molecule is O=c1c2ccccc2n2c(-c3ccccc3O)nnc2n1Cc1ccccc1Cl. The van der Waals surface area contributed by atoms with Crippen LogP contribution in [0.15, 0.2) is 77.6 Å². The van der Waals surface area contributed by atoms with Gasteiger partial charge in [-0.25, -0.2) is 0 Å². The van der Waals surface area contributed by atoms with E-state index in [2.05, 4.69) is 10.2 Å². The second-order valence-electron chi connectivity index (χ2n) is 6.68. The highest BCUT2D eigenvalue weighted by Crippen LogP contribution is 2.29. The molecule has 0 saturated carbocycles. The second-order valence-corrected chi connectivity index (χ2v) is 7.08. The minimum Gasteiger partial charge on any atom is -0.507 e. The van der Waals surface area contributed by atoms with Crippen molar-refractivity contribution in [2.24, 2.45) is 0 Å². The molecule has 0 amide bonds. The van der Waals surface area contributed by atoms with E-state index >= 15 is 0 Å². The maximum atomic E-state index is 13.3. The van der Waals surface area contributed by atoms with E-state index in [0.29, 0.717) is 33.1 Å². The molecule has 0 atom stereocenters. The zero-order valence-corrected chi connectivity index (χ0v) is 15.9. The van der Waals surface area contributed by atoms with E-state index in [1.165, 1.54) is 0 Å². The lowest BCUT2D eigenvalue weighted by Gasteiger charge is -2.12. The molecule has 7 heteroatoms. The number of benzene rings is 3. The Balaban J connectivity index is 1.87. The maximum absolute atomic E-state index is 13.3. The normalized spacial score (nSPS) is 11.3. The zero-order chi connectivity index (χ0) is 20.0. The number of para-hydroxylation sites is 2. The molecule has 1 N–H and O–H groups in total. The number of aromatic nitrogens is 4. The van der Waals surface area contributed by atoms with Crippen molar-refractivity contribution in [2.75, 3.05) is 0 Å². The van der Waals surface area contributed by atoms with Gasteiger partial charge >= 0.3 is 0 Å². The van der Waals surface area contributed by atoms with Crippen LogP contribution < -0.4 is 5.56 Å². The Hall–Kier alpha value is -3.64. The number of hydrogen-bond donors (Lipinski definition) is 1. The molecule has 3 aromatic carbocycles. The third-order valence-electron chi connectivity index (χ3n) is 4.94. The summed E-state index contributed by atoms with van der Waals surface area (Å²) in [5.41, 5.74) is 1.84. The van der Waals surface area contributed by atoms with Gasteiger partial charge in [-0.05, 0) is 35.9 Å². The highest BCUT2D eigenvalue weighted by atomic mass is 35.5. The summed E-state index contributed by atoms with van der Waals surface area (Å²) in [6.45, 7) is 0.256. The minimum atomic E-state index is -0.177. The van der Waals surface area contributed by atoms with Crippen LogP contribution in [-0.4, -0.2) is 24.3 Å². The largest absolute Gasteiger partial charge is 0.507 e. The molecule has 6 nitrogen and oxygen atoms in total. The first-order valence-electron chi connectivity index (χ1n) is 9.03. The molecule has 0 spiro atoms. The van der Waals surface area contributed by atoms with Crippen LogP contribution in [0.4, 0.5) is 0 Å². The molecule has 142 valence electrons. The Morgan fingerprint density at radius 1 is 0.897 bits per heavy atom. The first kappa shape index (κ1) is 17.5. The molecule has 0 radical (unpaired) electrons. The van der Waals surface area contributed by atoms with Gasteiger partial charge in [0.1, 0.15) is 5.75 Å². The van der Waals surface area contributed by atoms with E-state index in [4.69, 9.17) is 11.6 Å². The van der Waals surface area contributed by atoms with Crippen LogP contribution in [0, 0.1) is 0 Å². The van der Waals surface area contributed by atoms with E-state index in [-0.39, 0.29) is 17.9 Å². The molecule has 0 saturated heterocycles. The Kier molecular flexibility index (Phi) is 4.07. The molecule has 29 heavy (non-hydrogen) atoms. The number of nitrogens with zero attached hydrogens (tertiary/aromatic N) is 4. The van der Waals surface area contributed by atoms with E-state index in [0.717, 1.165) is 5.56 Å². The topological polar surface area (TPSA) is 72.4 Å². The van der Waals surface area contributed by atoms with Crippen molar-refractivity contribution < 1.29 is 5.11 Å². The fraction of sp³-hybridized carbons (Fsp3) is 0.0455. The third-order valence-corrected chi connectivity index (χ3v) is 5.31. The summed E-state index contributed by atoms with van der Waals surface area (Å²) >= 11 is 6.33. The lowest BCUT2D eigenvalue weighted by Crippen LogP contribution is -2.24. The van der Waals surface area contributed by atoms with Crippen molar-refractivity contribution in [1.82, 2.24) is 19.2 Å². The summed E-state index contributed by atoms with van der Waals surface area (Å²) in [5.74, 6) is 0.934. The molecular formula is C22H15ClN4O2. The Morgan fingerprint density at radius 2 is 1.62 bits per heavy atom. The number of rotatable bonds is 3. The fourth-order valence-corrected chi connectivity index (χ4v) is 3.73. The van der Waals surface area contributed by atoms with Crippen LogP contribution in [-0.2, 0) is 6.54 Å². The average molecular weight is 403 g/mol. The highest BCUT2D eigenvalue weighted by molar-refractivity contribution is 6.31. The second kappa shape index (κ2) is 6.76. The van der Waals surface area contributed by atoms with Gasteiger partial charge in [0.15, 0.2) is 5.82 Å². The predicted molar refractivity (Wildman–Crippen MR) is 112 cm³/mol. The van der Waals surface area contributed by atoms with E-state index in [1.807, 2.05) is 42.5 Å². The molecular weight excluding hydrogens is 388 g/mol. The number of hydrogen-bond acceptors (Lipinski definition) is 4. The van der Waals surface area contributed by atoms with Crippen molar-refractivity contribution >= 4 is 28.3 Å². The molecule has 0 bridgehead atoms. The van der Waals surface area contributed by atoms with E-state index < -0.39 is 0 Å². The summed E-state index contributed by atoms with van der Waals surface area (Å²) in [5, 5.41) is 20.0. The molecule has 0 aliphatic carbocycles. The number of aromatic hydroxyl groups is 1. The number of halogens is 1. The maximum Gasteiger partial charge on any atom is 0.263 e. The van der Waals surface area contributed by atoms with Crippen LogP contribution in [0.5, 0.6) is 5.75 Å². The highest BCUT2D eigenvalue weighted by Gasteiger charge is 2.19.